The molecule has 1 amide bonds. The molecule has 5 nitrogen and oxygen atoms in total. The highest BCUT2D eigenvalue weighted by molar-refractivity contribution is 7.15. The molecule has 0 fully saturated rings. The van der Waals surface area contributed by atoms with Crippen LogP contribution in [-0.2, 0) is 0 Å². The highest BCUT2D eigenvalue weighted by atomic mass is 32.1. The summed E-state index contributed by atoms with van der Waals surface area (Å²) in [6, 6.07) is 1.31. The SMILES string of the molecule is Cc1cc(=O)oc(C)c1C(=O)Nc1nc(C)c(C)s1. The van der Waals surface area contributed by atoms with Crippen molar-refractivity contribution in [1.29, 1.82) is 0 Å². The molecule has 2 aromatic heterocycles. The normalized spacial score (nSPS) is 10.5. The minimum atomic E-state index is -0.451. The second-order valence-corrected chi connectivity index (χ2v) is 5.50. The highest BCUT2D eigenvalue weighted by Crippen LogP contribution is 2.22. The molecule has 0 aliphatic carbocycles. The van der Waals surface area contributed by atoms with Crippen LogP contribution in [-0.4, -0.2) is 10.9 Å². The second kappa shape index (κ2) is 4.97. The van der Waals surface area contributed by atoms with E-state index in [1.54, 1.807) is 13.8 Å². The molecule has 0 saturated carbocycles. The highest BCUT2D eigenvalue weighted by Gasteiger charge is 2.16. The first-order valence-electron chi connectivity index (χ1n) is 5.75. The number of amides is 1. The van der Waals surface area contributed by atoms with Crippen LogP contribution in [0.4, 0.5) is 5.13 Å². The smallest absolute Gasteiger partial charge is 0.336 e. The average molecular weight is 278 g/mol. The molecule has 0 unspecified atom stereocenters. The van der Waals surface area contributed by atoms with E-state index in [9.17, 15) is 9.59 Å². The summed E-state index contributed by atoms with van der Waals surface area (Å²) < 4.78 is 4.94. The molecule has 2 heterocycles. The first kappa shape index (κ1) is 13.5. The Morgan fingerprint density at radius 3 is 2.53 bits per heavy atom. The van der Waals surface area contributed by atoms with Crippen LogP contribution in [0.5, 0.6) is 0 Å². The van der Waals surface area contributed by atoms with Gasteiger partial charge in [-0.15, -0.1) is 11.3 Å². The fraction of sp³-hybridized carbons (Fsp3) is 0.308. The third kappa shape index (κ3) is 2.73. The first-order chi connectivity index (χ1) is 8.88. The molecule has 2 rings (SSSR count). The van der Waals surface area contributed by atoms with E-state index < -0.39 is 5.63 Å². The Morgan fingerprint density at radius 2 is 2.00 bits per heavy atom. The standard InChI is InChI=1S/C13H14N2O3S/c1-6-5-10(16)18-8(3)11(6)12(17)15-13-14-7(2)9(4)19-13/h5H,1-4H3,(H,14,15,17). The molecule has 0 spiro atoms. The molecule has 0 aliphatic heterocycles. The van der Waals surface area contributed by atoms with E-state index >= 15 is 0 Å². The maximum Gasteiger partial charge on any atom is 0.336 e. The minimum absolute atomic E-state index is 0.312. The van der Waals surface area contributed by atoms with Gasteiger partial charge in [-0.05, 0) is 33.3 Å². The molecule has 0 bridgehead atoms. The van der Waals surface area contributed by atoms with Crippen molar-refractivity contribution >= 4 is 22.4 Å². The molecule has 1 N–H and O–H groups in total. The number of carbonyl (C=O) groups excluding carboxylic acids is 1. The summed E-state index contributed by atoms with van der Waals surface area (Å²) in [6.07, 6.45) is 0. The molecule has 0 radical (unpaired) electrons. The summed E-state index contributed by atoms with van der Waals surface area (Å²) in [6.45, 7) is 7.14. The zero-order valence-electron chi connectivity index (χ0n) is 11.2. The van der Waals surface area contributed by atoms with Crippen molar-refractivity contribution in [3.8, 4) is 0 Å². The van der Waals surface area contributed by atoms with Crippen LogP contribution in [0, 0.1) is 27.7 Å². The zero-order valence-corrected chi connectivity index (χ0v) is 12.0. The van der Waals surface area contributed by atoms with Gasteiger partial charge in [-0.3, -0.25) is 10.1 Å². The number of hydrogen-bond donors (Lipinski definition) is 1. The molecule has 19 heavy (non-hydrogen) atoms. The van der Waals surface area contributed by atoms with Crippen LogP contribution in [0.15, 0.2) is 15.3 Å². The largest absolute Gasteiger partial charge is 0.427 e. The predicted octanol–water partition coefficient (Wildman–Crippen LogP) is 2.58. The Balaban J connectivity index is 2.33. The van der Waals surface area contributed by atoms with Crippen molar-refractivity contribution in [2.24, 2.45) is 0 Å². The summed E-state index contributed by atoms with van der Waals surface area (Å²) in [5.41, 5.74) is 1.42. The molecule has 100 valence electrons. The summed E-state index contributed by atoms with van der Waals surface area (Å²) in [5.74, 6) is 0.000000000000000888. The lowest BCUT2D eigenvalue weighted by Gasteiger charge is -2.06. The Labute approximate surface area is 114 Å². The molecular weight excluding hydrogens is 264 g/mol. The van der Waals surface area contributed by atoms with Gasteiger partial charge in [0.15, 0.2) is 5.13 Å². The van der Waals surface area contributed by atoms with Gasteiger partial charge < -0.3 is 4.42 Å². The third-order valence-corrected chi connectivity index (χ3v) is 3.80. The molecular formula is C13H14N2O3S. The molecule has 0 aliphatic rings. The van der Waals surface area contributed by atoms with Crippen LogP contribution in [0.3, 0.4) is 0 Å². The van der Waals surface area contributed by atoms with Crippen molar-refractivity contribution in [3.05, 3.63) is 43.9 Å². The number of aromatic nitrogens is 1. The lowest BCUT2D eigenvalue weighted by molar-refractivity contribution is 0.102. The van der Waals surface area contributed by atoms with Crippen LogP contribution in [0.25, 0.3) is 0 Å². The number of nitrogens with zero attached hydrogens (tertiary/aromatic N) is 1. The number of aryl methyl sites for hydroxylation is 4. The number of rotatable bonds is 2. The van der Waals surface area contributed by atoms with E-state index in [0.717, 1.165) is 10.6 Å². The van der Waals surface area contributed by atoms with Gasteiger partial charge in [0, 0.05) is 10.9 Å². The van der Waals surface area contributed by atoms with Crippen LogP contribution >= 0.6 is 11.3 Å². The van der Waals surface area contributed by atoms with Crippen molar-refractivity contribution in [2.45, 2.75) is 27.7 Å². The van der Waals surface area contributed by atoms with Crippen LogP contribution < -0.4 is 10.9 Å². The topological polar surface area (TPSA) is 72.2 Å². The number of thiazole rings is 1. The van der Waals surface area contributed by atoms with Crippen LogP contribution in [0.2, 0.25) is 0 Å². The molecule has 2 aromatic rings. The van der Waals surface area contributed by atoms with Crippen molar-refractivity contribution in [3.63, 3.8) is 0 Å². The fourth-order valence-corrected chi connectivity index (χ4v) is 2.59. The zero-order chi connectivity index (χ0) is 14.2. The number of hydrogen-bond acceptors (Lipinski definition) is 5. The Hall–Kier alpha value is -1.95. The Bertz CT molecular complexity index is 655. The predicted molar refractivity (Wildman–Crippen MR) is 74.0 cm³/mol. The lowest BCUT2D eigenvalue weighted by atomic mass is 10.1. The third-order valence-electron chi connectivity index (χ3n) is 2.81. The van der Waals surface area contributed by atoms with Gasteiger partial charge >= 0.3 is 5.63 Å². The van der Waals surface area contributed by atoms with Crippen molar-refractivity contribution < 1.29 is 9.21 Å². The van der Waals surface area contributed by atoms with E-state index in [1.807, 2.05) is 13.8 Å². The molecule has 0 aromatic carbocycles. The van der Waals surface area contributed by atoms with Crippen molar-refractivity contribution in [2.75, 3.05) is 5.32 Å². The van der Waals surface area contributed by atoms with Gasteiger partial charge in [0.25, 0.3) is 5.91 Å². The van der Waals surface area contributed by atoms with Gasteiger partial charge in [-0.25, -0.2) is 9.78 Å². The number of nitrogens with one attached hydrogen (secondary N) is 1. The van der Waals surface area contributed by atoms with Crippen molar-refractivity contribution in [1.82, 2.24) is 4.98 Å². The summed E-state index contributed by atoms with van der Waals surface area (Å²) in [4.78, 5) is 28.7. The summed E-state index contributed by atoms with van der Waals surface area (Å²) in [7, 11) is 0. The monoisotopic (exact) mass is 278 g/mol. The van der Waals surface area contributed by atoms with E-state index in [0.29, 0.717) is 22.0 Å². The fourth-order valence-electron chi connectivity index (χ4n) is 1.78. The van der Waals surface area contributed by atoms with Gasteiger partial charge in [0.05, 0.1) is 11.3 Å². The maximum absolute atomic E-state index is 12.2. The van der Waals surface area contributed by atoms with E-state index in [-0.39, 0.29) is 5.91 Å². The average Bonchev–Trinajstić information content (AvgIpc) is 2.55. The second-order valence-electron chi connectivity index (χ2n) is 4.29. The Kier molecular flexibility index (Phi) is 3.53. The first-order valence-corrected chi connectivity index (χ1v) is 6.57. The molecule has 0 atom stereocenters. The Morgan fingerprint density at radius 1 is 1.32 bits per heavy atom. The van der Waals surface area contributed by atoms with Gasteiger partial charge in [0.2, 0.25) is 0 Å². The molecule has 0 saturated heterocycles. The van der Waals surface area contributed by atoms with E-state index in [2.05, 4.69) is 10.3 Å². The maximum atomic E-state index is 12.2. The minimum Gasteiger partial charge on any atom is -0.427 e. The van der Waals surface area contributed by atoms with Gasteiger partial charge in [0.1, 0.15) is 5.76 Å². The summed E-state index contributed by atoms with van der Waals surface area (Å²) >= 11 is 1.42. The quantitative estimate of drug-likeness (QED) is 0.916. The van der Waals surface area contributed by atoms with E-state index in [4.69, 9.17) is 4.42 Å². The van der Waals surface area contributed by atoms with Crippen LogP contribution in [0.1, 0.15) is 32.3 Å². The van der Waals surface area contributed by atoms with E-state index in [1.165, 1.54) is 17.4 Å². The summed E-state index contributed by atoms with van der Waals surface area (Å²) in [5, 5.41) is 3.27. The van der Waals surface area contributed by atoms with Gasteiger partial charge in [-0.1, -0.05) is 0 Å². The number of carbonyl (C=O) groups is 1. The molecule has 6 heteroatoms. The van der Waals surface area contributed by atoms with Gasteiger partial charge in [-0.2, -0.15) is 0 Å². The number of anilines is 1. The lowest BCUT2D eigenvalue weighted by Crippen LogP contribution is -2.17.